The molecule has 0 aromatic heterocycles. The molecule has 4 aliphatic rings. The number of carboxylic acids is 2. The van der Waals surface area contributed by atoms with Crippen molar-refractivity contribution in [1.82, 2.24) is 9.80 Å². The fourth-order valence-electron chi connectivity index (χ4n) is 7.11. The summed E-state index contributed by atoms with van der Waals surface area (Å²) in [6.07, 6.45) is 3.33. The number of carbonyl (C=O) groups is 6. The van der Waals surface area contributed by atoms with Crippen molar-refractivity contribution < 1.29 is 44.1 Å². The number of hydrogen-bond acceptors (Lipinski definition) is 7. The molecule has 0 bridgehead atoms. The number of carbonyl (C=O) groups excluding carboxylic acids is 4. The third-order valence-electron chi connectivity index (χ3n) is 8.78. The molecule has 0 radical (unpaired) electrons. The Morgan fingerprint density at radius 1 is 0.875 bits per heavy atom. The standard InChI is InChI=1S/C29H30N2O9/c1-2-4-14-5-3-6-16(25(14)36)22-15-7-8-17-23(28(39)30(26(17)37)11-9-20(32)33)18(15)13-19-24(22)29(40)31(27(19)38)12-10-21(34)35/h2-3,5-7,17-19,22-24,36H,1,4,8-13H2,(H,32,33)(H,34,35)/t17-,18+,19+,22+,23-,24+/m0/s1. The van der Waals surface area contributed by atoms with E-state index >= 15 is 0 Å². The van der Waals surface area contributed by atoms with Crippen molar-refractivity contribution >= 4 is 35.6 Å². The SMILES string of the molecule is C=CCc1cccc([C@H]2C3=CC[C@@H]4C(=O)N(CCC(=O)O)C(=O)[C@@H]4[C@@H]3C[C@H]3C(=O)N(CCC(=O)O)C(=O)[C@@H]23)c1O. The number of nitrogens with zero attached hydrogens (tertiary/aromatic N) is 2. The molecule has 2 aliphatic heterocycles. The maximum Gasteiger partial charge on any atom is 0.305 e. The van der Waals surface area contributed by atoms with Crippen LogP contribution in [0.5, 0.6) is 5.75 Å². The first-order valence-corrected chi connectivity index (χ1v) is 13.3. The fourth-order valence-corrected chi connectivity index (χ4v) is 7.11. The average molecular weight is 551 g/mol. The third kappa shape index (κ3) is 4.29. The van der Waals surface area contributed by atoms with E-state index in [1.165, 1.54) is 0 Å². The molecule has 40 heavy (non-hydrogen) atoms. The van der Waals surface area contributed by atoms with Crippen LogP contribution in [0.25, 0.3) is 0 Å². The Morgan fingerprint density at radius 2 is 1.48 bits per heavy atom. The maximum absolute atomic E-state index is 13.7. The van der Waals surface area contributed by atoms with Crippen molar-refractivity contribution in [2.45, 2.75) is 38.0 Å². The van der Waals surface area contributed by atoms with E-state index in [0.29, 0.717) is 23.1 Å². The highest BCUT2D eigenvalue weighted by Crippen LogP contribution is 2.59. The molecule has 11 nitrogen and oxygen atoms in total. The van der Waals surface area contributed by atoms with Gasteiger partial charge in [-0.15, -0.1) is 6.58 Å². The predicted octanol–water partition coefficient (Wildman–Crippen LogP) is 1.71. The Kier molecular flexibility index (Phi) is 7.07. The third-order valence-corrected chi connectivity index (χ3v) is 8.78. The van der Waals surface area contributed by atoms with Gasteiger partial charge in [0, 0.05) is 24.6 Å². The van der Waals surface area contributed by atoms with Crippen LogP contribution >= 0.6 is 0 Å². The highest BCUT2D eigenvalue weighted by Gasteiger charge is 2.62. The Morgan fingerprint density at radius 3 is 2.08 bits per heavy atom. The zero-order valence-electron chi connectivity index (χ0n) is 21.7. The van der Waals surface area contributed by atoms with Gasteiger partial charge in [0.1, 0.15) is 5.75 Å². The average Bonchev–Trinajstić information content (AvgIpc) is 3.30. The molecular formula is C29H30N2O9. The van der Waals surface area contributed by atoms with Gasteiger partial charge in [0.05, 0.1) is 36.5 Å². The number of imide groups is 2. The number of para-hydroxylation sites is 1. The number of fused-ring (bicyclic) bond motifs is 4. The number of benzene rings is 1. The number of phenolic OH excluding ortho intramolecular Hbond substituents is 1. The first-order valence-electron chi connectivity index (χ1n) is 13.3. The normalized spacial score (nSPS) is 29.1. The number of aromatic hydroxyl groups is 1. The molecule has 2 heterocycles. The number of hydrogen-bond donors (Lipinski definition) is 3. The summed E-state index contributed by atoms with van der Waals surface area (Å²) in [5.74, 6) is -8.97. The van der Waals surface area contributed by atoms with Crippen molar-refractivity contribution in [3.8, 4) is 5.75 Å². The van der Waals surface area contributed by atoms with Crippen LogP contribution < -0.4 is 0 Å². The second-order valence-electron chi connectivity index (χ2n) is 10.8. The maximum atomic E-state index is 13.7. The Bertz CT molecular complexity index is 1360. The van der Waals surface area contributed by atoms with Crippen LogP contribution in [0.15, 0.2) is 42.5 Å². The molecule has 0 unspecified atom stereocenters. The molecule has 5 rings (SSSR count). The molecule has 3 fully saturated rings. The summed E-state index contributed by atoms with van der Waals surface area (Å²) in [6, 6.07) is 5.14. The van der Waals surface area contributed by atoms with E-state index in [1.807, 2.05) is 6.08 Å². The van der Waals surface area contributed by atoms with E-state index < -0.39 is 77.5 Å². The summed E-state index contributed by atoms with van der Waals surface area (Å²) in [5, 5.41) is 29.5. The molecule has 1 aromatic rings. The number of rotatable bonds is 9. The molecule has 11 heteroatoms. The van der Waals surface area contributed by atoms with Crippen molar-refractivity contribution in [1.29, 1.82) is 0 Å². The molecule has 210 valence electrons. The van der Waals surface area contributed by atoms with Gasteiger partial charge in [-0.2, -0.15) is 0 Å². The van der Waals surface area contributed by atoms with Crippen LogP contribution in [0.1, 0.15) is 42.7 Å². The summed E-state index contributed by atoms with van der Waals surface area (Å²) in [5.41, 5.74) is 1.69. The van der Waals surface area contributed by atoms with Gasteiger partial charge in [0.15, 0.2) is 0 Å². The summed E-state index contributed by atoms with van der Waals surface area (Å²) < 4.78 is 0. The Hall–Kier alpha value is -4.28. The molecule has 6 atom stereocenters. The molecule has 3 N–H and O–H groups in total. The van der Waals surface area contributed by atoms with Gasteiger partial charge >= 0.3 is 11.9 Å². The monoisotopic (exact) mass is 550 g/mol. The van der Waals surface area contributed by atoms with Crippen LogP contribution in [-0.4, -0.2) is 73.8 Å². The lowest BCUT2D eigenvalue weighted by Crippen LogP contribution is -2.43. The van der Waals surface area contributed by atoms with Crippen molar-refractivity contribution in [3.05, 3.63) is 53.6 Å². The number of aliphatic carboxylic acids is 2. The van der Waals surface area contributed by atoms with E-state index in [0.717, 1.165) is 9.80 Å². The zero-order chi connectivity index (χ0) is 28.9. The zero-order valence-corrected chi connectivity index (χ0v) is 21.7. The highest BCUT2D eigenvalue weighted by atomic mass is 16.4. The molecule has 2 aliphatic carbocycles. The smallest absolute Gasteiger partial charge is 0.305 e. The van der Waals surface area contributed by atoms with Gasteiger partial charge in [0.25, 0.3) is 0 Å². The molecule has 1 aromatic carbocycles. The number of likely N-dealkylation sites (tertiary alicyclic amines) is 2. The summed E-state index contributed by atoms with van der Waals surface area (Å²) in [6.45, 7) is 3.19. The molecule has 0 spiro atoms. The van der Waals surface area contributed by atoms with Crippen LogP contribution in [0.3, 0.4) is 0 Å². The largest absolute Gasteiger partial charge is 0.507 e. The quantitative estimate of drug-likeness (QED) is 0.306. The Balaban J connectivity index is 1.59. The number of amides is 4. The lowest BCUT2D eigenvalue weighted by atomic mass is 9.57. The number of carboxylic acid groups (broad SMARTS) is 2. The van der Waals surface area contributed by atoms with E-state index in [-0.39, 0.29) is 38.1 Å². The fraction of sp³-hybridized carbons (Fsp3) is 0.448. The van der Waals surface area contributed by atoms with Gasteiger partial charge in [-0.05, 0) is 30.7 Å². The second-order valence-corrected chi connectivity index (χ2v) is 10.8. The molecule has 2 saturated heterocycles. The van der Waals surface area contributed by atoms with E-state index in [4.69, 9.17) is 5.11 Å². The molecular weight excluding hydrogens is 520 g/mol. The number of allylic oxidation sites excluding steroid dienone is 3. The van der Waals surface area contributed by atoms with Gasteiger partial charge in [0.2, 0.25) is 23.6 Å². The van der Waals surface area contributed by atoms with E-state index in [1.54, 1.807) is 24.3 Å². The summed E-state index contributed by atoms with van der Waals surface area (Å²) >= 11 is 0. The van der Waals surface area contributed by atoms with Crippen LogP contribution in [0.2, 0.25) is 0 Å². The minimum absolute atomic E-state index is 0.0454. The minimum Gasteiger partial charge on any atom is -0.507 e. The number of phenols is 1. The summed E-state index contributed by atoms with van der Waals surface area (Å²) in [7, 11) is 0. The van der Waals surface area contributed by atoms with Crippen molar-refractivity contribution in [2.75, 3.05) is 13.1 Å². The first kappa shape index (κ1) is 27.3. The predicted molar refractivity (Wildman–Crippen MR) is 137 cm³/mol. The van der Waals surface area contributed by atoms with Crippen LogP contribution in [-0.2, 0) is 35.2 Å². The minimum atomic E-state index is -1.16. The van der Waals surface area contributed by atoms with Crippen molar-refractivity contribution in [2.24, 2.45) is 29.6 Å². The second kappa shape index (κ2) is 10.4. The van der Waals surface area contributed by atoms with Gasteiger partial charge < -0.3 is 15.3 Å². The van der Waals surface area contributed by atoms with Gasteiger partial charge in [-0.25, -0.2) is 0 Å². The van der Waals surface area contributed by atoms with Crippen molar-refractivity contribution in [3.63, 3.8) is 0 Å². The lowest BCUT2D eigenvalue weighted by molar-refractivity contribution is -0.145. The molecule has 1 saturated carbocycles. The van der Waals surface area contributed by atoms with Gasteiger partial charge in [-0.1, -0.05) is 35.9 Å². The highest BCUT2D eigenvalue weighted by molar-refractivity contribution is 6.08. The van der Waals surface area contributed by atoms with Gasteiger partial charge in [-0.3, -0.25) is 38.6 Å². The lowest BCUT2D eigenvalue weighted by Gasteiger charge is -2.44. The van der Waals surface area contributed by atoms with E-state index in [9.17, 15) is 39.0 Å². The van der Waals surface area contributed by atoms with Crippen LogP contribution in [0, 0.1) is 29.6 Å². The first-order chi connectivity index (χ1) is 19.1. The van der Waals surface area contributed by atoms with E-state index in [2.05, 4.69) is 6.58 Å². The summed E-state index contributed by atoms with van der Waals surface area (Å²) in [4.78, 5) is 78.2. The topological polar surface area (TPSA) is 170 Å². The Labute approximate surface area is 229 Å². The van der Waals surface area contributed by atoms with Crippen LogP contribution in [0.4, 0.5) is 0 Å². The molecule has 4 amide bonds.